The molecule has 0 heterocycles. The highest BCUT2D eigenvalue weighted by Crippen LogP contribution is 2.00. The van der Waals surface area contributed by atoms with Gasteiger partial charge in [-0.25, -0.2) is 4.79 Å². The van der Waals surface area contributed by atoms with Crippen molar-refractivity contribution in [2.24, 2.45) is 5.73 Å². The second-order valence-electron chi connectivity index (χ2n) is 4.38. The average molecular weight is 281 g/mol. The third-order valence-corrected chi connectivity index (χ3v) is 2.66. The topological polar surface area (TPSA) is 70.8 Å². The van der Waals surface area contributed by atoms with Crippen LogP contribution in [0.3, 0.4) is 0 Å². The van der Waals surface area contributed by atoms with Crippen molar-refractivity contribution in [1.82, 2.24) is 0 Å². The van der Waals surface area contributed by atoms with E-state index in [2.05, 4.69) is 4.74 Å². The summed E-state index contributed by atoms with van der Waals surface area (Å²) in [6.45, 7) is 2.90. The quantitative estimate of drug-likeness (QED) is 0.633. The van der Waals surface area contributed by atoms with Gasteiger partial charge in [0.05, 0.1) is 26.4 Å². The first kappa shape index (κ1) is 16.5. The van der Waals surface area contributed by atoms with E-state index in [0.717, 1.165) is 19.3 Å². The van der Waals surface area contributed by atoms with Crippen LogP contribution in [0.5, 0.6) is 0 Å². The van der Waals surface area contributed by atoms with Gasteiger partial charge in [-0.3, -0.25) is 0 Å². The molecule has 0 aliphatic carbocycles. The molecule has 0 aliphatic heterocycles. The van der Waals surface area contributed by atoms with Gasteiger partial charge in [0.1, 0.15) is 0 Å². The van der Waals surface area contributed by atoms with Crippen LogP contribution in [0.2, 0.25) is 0 Å². The van der Waals surface area contributed by atoms with Gasteiger partial charge in [-0.05, 0) is 24.8 Å². The minimum Gasteiger partial charge on any atom is -0.450 e. The summed E-state index contributed by atoms with van der Waals surface area (Å²) in [4.78, 5) is 10.3. The van der Waals surface area contributed by atoms with Crippen molar-refractivity contribution in [2.75, 3.05) is 26.4 Å². The number of ether oxygens (including phenoxy) is 3. The highest BCUT2D eigenvalue weighted by atomic mass is 16.5. The number of rotatable bonds is 11. The van der Waals surface area contributed by atoms with Gasteiger partial charge in [0.25, 0.3) is 0 Å². The zero-order chi connectivity index (χ0) is 14.5. The van der Waals surface area contributed by atoms with Crippen LogP contribution in [0.1, 0.15) is 24.8 Å². The summed E-state index contributed by atoms with van der Waals surface area (Å²) in [5.41, 5.74) is 6.01. The Labute approximate surface area is 120 Å². The molecule has 20 heavy (non-hydrogen) atoms. The van der Waals surface area contributed by atoms with Crippen LogP contribution in [-0.4, -0.2) is 32.5 Å². The van der Waals surface area contributed by atoms with Gasteiger partial charge in [0.15, 0.2) is 0 Å². The number of primary amides is 1. The lowest BCUT2D eigenvalue weighted by atomic mass is 10.2. The molecule has 0 atom stereocenters. The van der Waals surface area contributed by atoms with E-state index in [9.17, 15) is 4.79 Å². The van der Waals surface area contributed by atoms with Crippen molar-refractivity contribution >= 4 is 6.09 Å². The molecule has 0 radical (unpaired) electrons. The van der Waals surface area contributed by atoms with E-state index < -0.39 is 6.09 Å². The Morgan fingerprint density at radius 1 is 0.900 bits per heavy atom. The average Bonchev–Trinajstić information content (AvgIpc) is 2.45. The van der Waals surface area contributed by atoms with E-state index in [1.54, 1.807) is 0 Å². The predicted molar refractivity (Wildman–Crippen MR) is 76.3 cm³/mol. The molecular weight excluding hydrogens is 258 g/mol. The summed E-state index contributed by atoms with van der Waals surface area (Å²) in [6.07, 6.45) is 2.01. The van der Waals surface area contributed by atoms with Gasteiger partial charge < -0.3 is 19.9 Å². The molecular formula is C15H23NO4. The molecule has 0 aromatic heterocycles. The Kier molecular flexibility index (Phi) is 9.26. The highest BCUT2D eigenvalue weighted by molar-refractivity contribution is 5.64. The van der Waals surface area contributed by atoms with Gasteiger partial charge in [-0.15, -0.1) is 0 Å². The Hall–Kier alpha value is -1.59. The van der Waals surface area contributed by atoms with E-state index in [0.29, 0.717) is 33.0 Å². The standard InChI is InChI=1S/C15H23NO4/c16-15(17)20-10-6-2-5-9-18-11-12-19-13-14-7-3-1-4-8-14/h1,3-4,7-8H,2,5-6,9-13H2,(H2,16,17). The van der Waals surface area contributed by atoms with Crippen LogP contribution in [0.4, 0.5) is 4.79 Å². The van der Waals surface area contributed by atoms with Crippen molar-refractivity contribution in [1.29, 1.82) is 0 Å². The minimum atomic E-state index is -0.711. The van der Waals surface area contributed by atoms with Gasteiger partial charge in [-0.1, -0.05) is 30.3 Å². The maximum atomic E-state index is 10.3. The van der Waals surface area contributed by atoms with Crippen molar-refractivity contribution < 1.29 is 19.0 Å². The van der Waals surface area contributed by atoms with Crippen LogP contribution < -0.4 is 5.73 Å². The molecule has 0 spiro atoms. The monoisotopic (exact) mass is 281 g/mol. The molecule has 0 saturated heterocycles. The summed E-state index contributed by atoms with van der Waals surface area (Å²) in [7, 11) is 0. The fourth-order valence-corrected chi connectivity index (χ4v) is 1.64. The van der Waals surface area contributed by atoms with Gasteiger partial charge in [-0.2, -0.15) is 0 Å². The molecule has 0 unspecified atom stereocenters. The third-order valence-electron chi connectivity index (χ3n) is 2.66. The second-order valence-corrected chi connectivity index (χ2v) is 4.38. The second kappa shape index (κ2) is 11.3. The van der Waals surface area contributed by atoms with Crippen LogP contribution >= 0.6 is 0 Å². The lowest BCUT2D eigenvalue weighted by Crippen LogP contribution is -2.13. The molecule has 5 nitrogen and oxygen atoms in total. The number of benzene rings is 1. The Bertz CT molecular complexity index is 356. The van der Waals surface area contributed by atoms with Crippen molar-refractivity contribution in [3.8, 4) is 0 Å². The molecule has 0 aliphatic rings. The van der Waals surface area contributed by atoms with E-state index in [-0.39, 0.29) is 0 Å². The molecule has 0 saturated carbocycles. The zero-order valence-electron chi connectivity index (χ0n) is 11.8. The Balaban J connectivity index is 1.80. The molecule has 1 rings (SSSR count). The van der Waals surface area contributed by atoms with E-state index in [1.165, 1.54) is 5.56 Å². The molecule has 5 heteroatoms. The molecule has 1 aromatic carbocycles. The first-order chi connectivity index (χ1) is 9.79. The van der Waals surface area contributed by atoms with Crippen molar-refractivity contribution in [3.05, 3.63) is 35.9 Å². The first-order valence-corrected chi connectivity index (χ1v) is 6.90. The lowest BCUT2D eigenvalue weighted by molar-refractivity contribution is 0.0389. The van der Waals surface area contributed by atoms with Crippen molar-refractivity contribution in [2.45, 2.75) is 25.9 Å². The SMILES string of the molecule is NC(=O)OCCCCCOCCOCc1ccccc1. The maximum absolute atomic E-state index is 10.3. The number of hydrogen-bond donors (Lipinski definition) is 1. The molecule has 112 valence electrons. The highest BCUT2D eigenvalue weighted by Gasteiger charge is 1.95. The molecule has 1 aromatic rings. The third kappa shape index (κ3) is 9.35. The Morgan fingerprint density at radius 3 is 2.35 bits per heavy atom. The fraction of sp³-hybridized carbons (Fsp3) is 0.533. The zero-order valence-corrected chi connectivity index (χ0v) is 11.8. The first-order valence-electron chi connectivity index (χ1n) is 6.90. The maximum Gasteiger partial charge on any atom is 0.404 e. The van der Waals surface area contributed by atoms with E-state index in [1.807, 2.05) is 30.3 Å². The van der Waals surface area contributed by atoms with Gasteiger partial charge in [0, 0.05) is 6.61 Å². The summed E-state index contributed by atoms with van der Waals surface area (Å²) in [5.74, 6) is 0. The largest absolute Gasteiger partial charge is 0.450 e. The number of hydrogen-bond acceptors (Lipinski definition) is 4. The smallest absolute Gasteiger partial charge is 0.404 e. The van der Waals surface area contributed by atoms with Crippen LogP contribution in [-0.2, 0) is 20.8 Å². The number of unbranched alkanes of at least 4 members (excludes halogenated alkanes) is 2. The number of carbonyl (C=O) groups is 1. The number of nitrogens with two attached hydrogens (primary N) is 1. The van der Waals surface area contributed by atoms with Crippen LogP contribution in [0, 0.1) is 0 Å². The summed E-state index contributed by atoms with van der Waals surface area (Å²) in [5, 5.41) is 0. The summed E-state index contributed by atoms with van der Waals surface area (Å²) >= 11 is 0. The van der Waals surface area contributed by atoms with Gasteiger partial charge in [0.2, 0.25) is 0 Å². The fourth-order valence-electron chi connectivity index (χ4n) is 1.64. The minimum absolute atomic E-state index is 0.384. The Morgan fingerprint density at radius 2 is 1.60 bits per heavy atom. The van der Waals surface area contributed by atoms with Crippen molar-refractivity contribution in [3.63, 3.8) is 0 Å². The van der Waals surface area contributed by atoms with Crippen LogP contribution in [0.15, 0.2) is 30.3 Å². The summed E-state index contributed by atoms with van der Waals surface area (Å²) in [6, 6.07) is 10.1. The van der Waals surface area contributed by atoms with Gasteiger partial charge >= 0.3 is 6.09 Å². The lowest BCUT2D eigenvalue weighted by Gasteiger charge is -2.06. The number of carbonyl (C=O) groups excluding carboxylic acids is 1. The molecule has 0 fully saturated rings. The summed E-state index contributed by atoms with van der Waals surface area (Å²) < 4.78 is 15.6. The molecule has 0 bridgehead atoms. The van der Waals surface area contributed by atoms with E-state index in [4.69, 9.17) is 15.2 Å². The number of amides is 1. The predicted octanol–water partition coefficient (Wildman–Crippen LogP) is 2.49. The normalized spacial score (nSPS) is 10.4. The molecule has 2 N–H and O–H groups in total. The molecule has 1 amide bonds. The van der Waals surface area contributed by atoms with Crippen LogP contribution in [0.25, 0.3) is 0 Å². The van der Waals surface area contributed by atoms with E-state index >= 15 is 0 Å².